The fourth-order valence-corrected chi connectivity index (χ4v) is 2.81. The van der Waals surface area contributed by atoms with Gasteiger partial charge in [0.25, 0.3) is 11.4 Å². The lowest BCUT2D eigenvalue weighted by molar-refractivity contribution is -0.384. The second kappa shape index (κ2) is 13.6. The van der Waals surface area contributed by atoms with Crippen LogP contribution >= 0.6 is 0 Å². The molecule has 200 valence electrons. The molecular formula is C24H25N5O9. The SMILES string of the molecule is CC(=O)CC(=O)COc1ccccc1N.Nc1ccc(OCOc2ccc(N)c([N+](=O)[O-])c2)cc1[N+](=O)[O-]. The third-order valence-corrected chi connectivity index (χ3v) is 4.60. The molecule has 0 spiro atoms. The number of nitro groups is 2. The van der Waals surface area contributed by atoms with E-state index in [4.69, 9.17) is 31.4 Å². The number of nitrogens with two attached hydrogens (primary N) is 3. The van der Waals surface area contributed by atoms with E-state index in [1.54, 1.807) is 24.3 Å². The summed E-state index contributed by atoms with van der Waals surface area (Å²) >= 11 is 0. The maximum Gasteiger partial charge on any atom is 0.295 e. The van der Waals surface area contributed by atoms with Crippen LogP contribution in [0.4, 0.5) is 28.4 Å². The van der Waals surface area contributed by atoms with Crippen LogP contribution in [0.3, 0.4) is 0 Å². The van der Waals surface area contributed by atoms with E-state index in [0.29, 0.717) is 11.4 Å². The molecule has 3 aromatic rings. The predicted octanol–water partition coefficient (Wildman–Crippen LogP) is 3.28. The molecule has 6 N–H and O–H groups in total. The summed E-state index contributed by atoms with van der Waals surface area (Å²) in [5, 5.41) is 21.5. The lowest BCUT2D eigenvalue weighted by Gasteiger charge is -2.09. The zero-order chi connectivity index (χ0) is 28.2. The molecule has 0 bridgehead atoms. The highest BCUT2D eigenvalue weighted by Crippen LogP contribution is 2.28. The number of carbonyl (C=O) groups is 2. The van der Waals surface area contributed by atoms with E-state index in [0.717, 1.165) is 12.1 Å². The van der Waals surface area contributed by atoms with Crippen molar-refractivity contribution in [2.45, 2.75) is 13.3 Å². The molecular weight excluding hydrogens is 502 g/mol. The average Bonchev–Trinajstić information content (AvgIpc) is 2.85. The number of ether oxygens (including phenoxy) is 3. The number of hydrogen-bond acceptors (Lipinski definition) is 12. The van der Waals surface area contributed by atoms with Gasteiger partial charge in [0, 0.05) is 0 Å². The van der Waals surface area contributed by atoms with Crippen LogP contribution < -0.4 is 31.4 Å². The van der Waals surface area contributed by atoms with Crippen LogP contribution in [0.15, 0.2) is 60.7 Å². The van der Waals surface area contributed by atoms with Gasteiger partial charge < -0.3 is 31.4 Å². The van der Waals surface area contributed by atoms with Gasteiger partial charge >= 0.3 is 0 Å². The number of nitrogens with zero attached hydrogens (tertiary/aromatic N) is 2. The van der Waals surface area contributed by atoms with E-state index in [-0.39, 0.29) is 65.6 Å². The van der Waals surface area contributed by atoms with E-state index in [1.807, 2.05) is 0 Å². The monoisotopic (exact) mass is 527 g/mol. The Morgan fingerprint density at radius 3 is 1.71 bits per heavy atom. The first-order valence-electron chi connectivity index (χ1n) is 10.8. The number of nitrogen functional groups attached to an aromatic ring is 3. The molecule has 3 aromatic carbocycles. The third-order valence-electron chi connectivity index (χ3n) is 4.60. The number of anilines is 3. The molecule has 0 saturated carbocycles. The molecule has 0 aliphatic carbocycles. The van der Waals surface area contributed by atoms with Gasteiger partial charge in [-0.2, -0.15) is 0 Å². The largest absolute Gasteiger partial charge is 0.484 e. The summed E-state index contributed by atoms with van der Waals surface area (Å²) in [7, 11) is 0. The van der Waals surface area contributed by atoms with Crippen molar-refractivity contribution < 1.29 is 33.6 Å². The predicted molar refractivity (Wildman–Crippen MR) is 138 cm³/mol. The summed E-state index contributed by atoms with van der Waals surface area (Å²) in [6.07, 6.45) is -0.0905. The Kier molecular flexibility index (Phi) is 10.3. The Bertz CT molecular complexity index is 1270. The Balaban J connectivity index is 0.000000293. The molecule has 0 fully saturated rings. The van der Waals surface area contributed by atoms with Crippen molar-refractivity contribution in [1.29, 1.82) is 0 Å². The molecule has 38 heavy (non-hydrogen) atoms. The Morgan fingerprint density at radius 2 is 1.26 bits per heavy atom. The summed E-state index contributed by atoms with van der Waals surface area (Å²) in [5.41, 5.74) is 16.5. The number of rotatable bonds is 11. The van der Waals surface area contributed by atoms with Crippen LogP contribution in [0.2, 0.25) is 0 Å². The lowest BCUT2D eigenvalue weighted by Crippen LogP contribution is -2.14. The van der Waals surface area contributed by atoms with Crippen LogP contribution in [0.5, 0.6) is 17.2 Å². The molecule has 0 radical (unpaired) electrons. The van der Waals surface area contributed by atoms with Crippen LogP contribution in [-0.2, 0) is 9.59 Å². The average molecular weight is 527 g/mol. The topological polar surface area (TPSA) is 226 Å². The van der Waals surface area contributed by atoms with Crippen LogP contribution in [0.25, 0.3) is 0 Å². The minimum atomic E-state index is -0.633. The molecule has 3 rings (SSSR count). The third kappa shape index (κ3) is 8.99. The van der Waals surface area contributed by atoms with Gasteiger partial charge in [-0.25, -0.2) is 0 Å². The van der Waals surface area contributed by atoms with E-state index < -0.39 is 9.85 Å². The number of benzene rings is 3. The quantitative estimate of drug-likeness (QED) is 0.107. The molecule has 0 aliphatic heterocycles. The molecule has 0 aliphatic rings. The highest BCUT2D eigenvalue weighted by molar-refractivity contribution is 5.98. The van der Waals surface area contributed by atoms with Crippen molar-refractivity contribution in [3.8, 4) is 17.2 Å². The van der Waals surface area contributed by atoms with Crippen molar-refractivity contribution in [3.05, 3.63) is 80.9 Å². The number of nitro benzene ring substituents is 2. The number of Topliss-reactive ketones (excluding diaryl/α,β-unsaturated/α-hetero) is 2. The first-order valence-corrected chi connectivity index (χ1v) is 10.8. The molecule has 0 aromatic heterocycles. The number of hydrogen-bond donors (Lipinski definition) is 3. The van der Waals surface area contributed by atoms with Crippen LogP contribution in [0, 0.1) is 20.2 Å². The normalized spacial score (nSPS) is 9.92. The van der Waals surface area contributed by atoms with Crippen molar-refractivity contribution >= 4 is 40.0 Å². The van der Waals surface area contributed by atoms with Crippen molar-refractivity contribution in [2.75, 3.05) is 30.6 Å². The second-order valence-corrected chi connectivity index (χ2v) is 7.61. The fourth-order valence-electron chi connectivity index (χ4n) is 2.81. The van der Waals surface area contributed by atoms with Crippen molar-refractivity contribution in [2.24, 2.45) is 0 Å². The number of carbonyl (C=O) groups excluding carboxylic acids is 2. The maximum absolute atomic E-state index is 11.2. The summed E-state index contributed by atoms with van der Waals surface area (Å²) in [5.74, 6) is 0.413. The van der Waals surface area contributed by atoms with Crippen molar-refractivity contribution in [3.63, 3.8) is 0 Å². The molecule has 14 heteroatoms. The Hall–Kier alpha value is -5.40. The van der Waals surface area contributed by atoms with Gasteiger partial charge in [0.1, 0.15) is 41.0 Å². The van der Waals surface area contributed by atoms with Gasteiger partial charge in [0.2, 0.25) is 6.79 Å². The van der Waals surface area contributed by atoms with Gasteiger partial charge in [-0.15, -0.1) is 0 Å². The molecule has 14 nitrogen and oxygen atoms in total. The fraction of sp³-hybridized carbons (Fsp3) is 0.167. The number of para-hydroxylation sites is 2. The molecule has 0 atom stereocenters. The molecule has 0 heterocycles. The smallest absolute Gasteiger partial charge is 0.295 e. The highest BCUT2D eigenvalue weighted by atomic mass is 16.7. The lowest BCUT2D eigenvalue weighted by atomic mass is 10.2. The van der Waals surface area contributed by atoms with E-state index in [9.17, 15) is 29.8 Å². The van der Waals surface area contributed by atoms with Gasteiger partial charge in [-0.1, -0.05) is 12.1 Å². The van der Waals surface area contributed by atoms with E-state index in [2.05, 4.69) is 0 Å². The first kappa shape index (κ1) is 28.8. The second-order valence-electron chi connectivity index (χ2n) is 7.61. The molecule has 0 saturated heterocycles. The zero-order valence-corrected chi connectivity index (χ0v) is 20.2. The summed E-state index contributed by atoms with van der Waals surface area (Å²) in [6, 6.07) is 14.8. The van der Waals surface area contributed by atoms with Crippen molar-refractivity contribution in [1.82, 2.24) is 0 Å². The number of ketones is 2. The standard InChI is InChI=1S/C13H12N4O6.C11H13NO3/c14-10-3-1-8(5-12(10)16(18)19)22-7-23-9-2-4-11(15)13(6-9)17(20)21;1-8(13)6-9(14)7-15-11-5-3-2-4-10(11)12/h1-6H,7,14-15H2;2-5H,6-7,12H2,1H3. The zero-order valence-electron chi connectivity index (χ0n) is 20.2. The molecule has 0 amide bonds. The summed E-state index contributed by atoms with van der Waals surface area (Å²) in [4.78, 5) is 42.0. The molecule has 0 unspecified atom stereocenters. The van der Waals surface area contributed by atoms with E-state index >= 15 is 0 Å². The maximum atomic E-state index is 11.2. The highest BCUT2D eigenvalue weighted by Gasteiger charge is 2.14. The van der Waals surface area contributed by atoms with Gasteiger partial charge in [0.15, 0.2) is 5.78 Å². The summed E-state index contributed by atoms with van der Waals surface area (Å²) < 4.78 is 15.6. The van der Waals surface area contributed by atoms with Gasteiger partial charge in [-0.05, 0) is 43.3 Å². The minimum absolute atomic E-state index is 0.0115. The Labute approximate surface area is 216 Å². The van der Waals surface area contributed by atoms with Crippen LogP contribution in [-0.4, -0.2) is 34.8 Å². The van der Waals surface area contributed by atoms with Gasteiger partial charge in [-0.3, -0.25) is 29.8 Å². The Morgan fingerprint density at radius 1 is 0.763 bits per heavy atom. The van der Waals surface area contributed by atoms with Crippen LogP contribution in [0.1, 0.15) is 13.3 Å². The van der Waals surface area contributed by atoms with Gasteiger partial charge in [0.05, 0.1) is 34.1 Å². The minimum Gasteiger partial charge on any atom is -0.484 e. The summed E-state index contributed by atoms with van der Waals surface area (Å²) in [6.45, 7) is 0.949. The first-order chi connectivity index (χ1) is 18.0. The van der Waals surface area contributed by atoms with E-state index in [1.165, 1.54) is 31.2 Å².